The first-order valence-electron chi connectivity index (χ1n) is 7.91. The van der Waals surface area contributed by atoms with Crippen LogP contribution in [0.15, 0.2) is 36.4 Å². The molecule has 1 aliphatic heterocycles. The molecule has 0 unspecified atom stereocenters. The molecule has 1 N–H and O–H groups in total. The summed E-state index contributed by atoms with van der Waals surface area (Å²) in [4.78, 5) is 6.90. The normalized spacial score (nSPS) is 15.0. The molecule has 1 aromatic carbocycles. The molecule has 2 aromatic heterocycles. The van der Waals surface area contributed by atoms with Crippen molar-refractivity contribution >= 4 is 22.8 Å². The van der Waals surface area contributed by atoms with Gasteiger partial charge in [0.05, 0.1) is 16.7 Å². The lowest BCUT2D eigenvalue weighted by Crippen LogP contribution is -2.50. The van der Waals surface area contributed by atoms with E-state index < -0.39 is 0 Å². The smallest absolute Gasteiger partial charge is 0.203 e. The fourth-order valence-electron chi connectivity index (χ4n) is 2.99. The van der Waals surface area contributed by atoms with Crippen molar-refractivity contribution in [2.45, 2.75) is 6.92 Å². The standard InChI is InChI=1S/C17H20N6/c1-12-7-8-16(21-20-12)23-10-13(11-23)9-18-17-19-14-5-3-4-6-15(14)22(17)2/h3-8,13H,9-11H2,1-2H3,(H,18,19). The van der Waals surface area contributed by atoms with Crippen LogP contribution in [0.4, 0.5) is 11.8 Å². The van der Waals surface area contributed by atoms with Crippen molar-refractivity contribution in [2.75, 3.05) is 29.9 Å². The third kappa shape index (κ3) is 2.60. The van der Waals surface area contributed by atoms with Crippen LogP contribution in [0.1, 0.15) is 5.69 Å². The van der Waals surface area contributed by atoms with Crippen LogP contribution in [0.2, 0.25) is 0 Å². The van der Waals surface area contributed by atoms with E-state index in [1.807, 2.05) is 44.3 Å². The van der Waals surface area contributed by atoms with E-state index in [1.165, 1.54) is 0 Å². The van der Waals surface area contributed by atoms with Gasteiger partial charge in [0.25, 0.3) is 0 Å². The molecule has 118 valence electrons. The van der Waals surface area contributed by atoms with Crippen molar-refractivity contribution in [3.63, 3.8) is 0 Å². The van der Waals surface area contributed by atoms with E-state index in [4.69, 9.17) is 0 Å². The Morgan fingerprint density at radius 1 is 1.13 bits per heavy atom. The van der Waals surface area contributed by atoms with Crippen LogP contribution in [0.3, 0.4) is 0 Å². The molecule has 4 rings (SSSR count). The predicted molar refractivity (Wildman–Crippen MR) is 91.7 cm³/mol. The quantitative estimate of drug-likeness (QED) is 0.801. The molecule has 1 saturated heterocycles. The molecule has 1 aliphatic rings. The summed E-state index contributed by atoms with van der Waals surface area (Å²) in [6.07, 6.45) is 0. The van der Waals surface area contributed by atoms with Gasteiger partial charge in [0, 0.05) is 32.6 Å². The van der Waals surface area contributed by atoms with Gasteiger partial charge in [-0.25, -0.2) is 4.98 Å². The third-order valence-corrected chi connectivity index (χ3v) is 4.40. The maximum absolute atomic E-state index is 4.65. The van der Waals surface area contributed by atoms with Crippen LogP contribution in [0, 0.1) is 12.8 Å². The number of nitrogens with zero attached hydrogens (tertiary/aromatic N) is 5. The number of benzene rings is 1. The van der Waals surface area contributed by atoms with Crippen LogP contribution in [-0.4, -0.2) is 39.4 Å². The largest absolute Gasteiger partial charge is 0.355 e. The lowest BCUT2D eigenvalue weighted by Gasteiger charge is -2.39. The Morgan fingerprint density at radius 3 is 2.70 bits per heavy atom. The summed E-state index contributed by atoms with van der Waals surface area (Å²) in [5, 5.41) is 11.8. The summed E-state index contributed by atoms with van der Waals surface area (Å²) < 4.78 is 2.11. The molecule has 3 aromatic rings. The average Bonchev–Trinajstić information content (AvgIpc) is 2.84. The summed E-state index contributed by atoms with van der Waals surface area (Å²) in [6.45, 7) is 4.90. The number of fused-ring (bicyclic) bond motifs is 1. The van der Waals surface area contributed by atoms with E-state index in [1.54, 1.807) is 0 Å². The van der Waals surface area contributed by atoms with E-state index in [-0.39, 0.29) is 0 Å². The third-order valence-electron chi connectivity index (χ3n) is 4.40. The van der Waals surface area contributed by atoms with E-state index >= 15 is 0 Å². The van der Waals surface area contributed by atoms with Gasteiger partial charge < -0.3 is 14.8 Å². The average molecular weight is 308 g/mol. The van der Waals surface area contributed by atoms with Crippen molar-refractivity contribution in [1.29, 1.82) is 0 Å². The number of hydrogen-bond acceptors (Lipinski definition) is 5. The first-order chi connectivity index (χ1) is 11.2. The maximum Gasteiger partial charge on any atom is 0.203 e. The van der Waals surface area contributed by atoms with Gasteiger partial charge in [0.2, 0.25) is 5.95 Å². The minimum atomic E-state index is 0.609. The monoisotopic (exact) mass is 308 g/mol. The molecule has 3 heterocycles. The second-order valence-electron chi connectivity index (χ2n) is 6.17. The first-order valence-corrected chi connectivity index (χ1v) is 7.91. The molecule has 0 spiro atoms. The van der Waals surface area contributed by atoms with Crippen LogP contribution in [0.25, 0.3) is 11.0 Å². The highest BCUT2D eigenvalue weighted by Crippen LogP contribution is 2.23. The van der Waals surface area contributed by atoms with Crippen molar-refractivity contribution in [3.8, 4) is 0 Å². The molecule has 23 heavy (non-hydrogen) atoms. The SMILES string of the molecule is Cc1ccc(N2CC(CNc3nc4ccccc4n3C)C2)nn1. The molecular formula is C17H20N6. The Kier molecular flexibility index (Phi) is 3.37. The molecule has 6 nitrogen and oxygen atoms in total. The summed E-state index contributed by atoms with van der Waals surface area (Å²) >= 11 is 0. The van der Waals surface area contributed by atoms with Gasteiger partial charge in [0.1, 0.15) is 0 Å². The summed E-state index contributed by atoms with van der Waals surface area (Å²) in [5.74, 6) is 2.51. The zero-order valence-corrected chi connectivity index (χ0v) is 13.4. The fraction of sp³-hybridized carbons (Fsp3) is 0.353. The molecule has 0 bridgehead atoms. The van der Waals surface area contributed by atoms with E-state index in [9.17, 15) is 0 Å². The molecule has 6 heteroatoms. The molecule has 0 aliphatic carbocycles. The van der Waals surface area contributed by atoms with Crippen LogP contribution in [0.5, 0.6) is 0 Å². The highest BCUT2D eigenvalue weighted by Gasteiger charge is 2.28. The second-order valence-corrected chi connectivity index (χ2v) is 6.17. The van der Waals surface area contributed by atoms with Gasteiger partial charge in [-0.3, -0.25) is 0 Å². The molecular weight excluding hydrogens is 288 g/mol. The van der Waals surface area contributed by atoms with Crippen LogP contribution >= 0.6 is 0 Å². The molecule has 0 radical (unpaired) electrons. The Morgan fingerprint density at radius 2 is 1.96 bits per heavy atom. The lowest BCUT2D eigenvalue weighted by molar-refractivity contribution is 0.424. The summed E-state index contributed by atoms with van der Waals surface area (Å²) in [5.41, 5.74) is 3.14. The van der Waals surface area contributed by atoms with Gasteiger partial charge in [-0.15, -0.1) is 5.10 Å². The molecule has 1 fully saturated rings. The molecule has 0 atom stereocenters. The Hall–Kier alpha value is -2.63. The molecule has 0 amide bonds. The van der Waals surface area contributed by atoms with Crippen LogP contribution < -0.4 is 10.2 Å². The van der Waals surface area contributed by atoms with E-state index in [0.29, 0.717) is 5.92 Å². The van der Waals surface area contributed by atoms with Crippen LogP contribution in [-0.2, 0) is 7.05 Å². The fourth-order valence-corrected chi connectivity index (χ4v) is 2.99. The van der Waals surface area contributed by atoms with Crippen molar-refractivity contribution in [3.05, 3.63) is 42.1 Å². The van der Waals surface area contributed by atoms with Crippen molar-refractivity contribution in [1.82, 2.24) is 19.7 Å². The highest BCUT2D eigenvalue weighted by molar-refractivity contribution is 5.78. The number of rotatable bonds is 4. The topological polar surface area (TPSA) is 58.9 Å². The number of hydrogen-bond donors (Lipinski definition) is 1. The second kappa shape index (κ2) is 5.53. The number of aromatic nitrogens is 4. The summed E-state index contributed by atoms with van der Waals surface area (Å²) in [7, 11) is 2.05. The zero-order valence-electron chi connectivity index (χ0n) is 13.4. The number of para-hydroxylation sites is 2. The van der Waals surface area contributed by atoms with Gasteiger partial charge in [-0.05, 0) is 31.2 Å². The number of aryl methyl sites for hydroxylation is 2. The predicted octanol–water partition coefficient (Wildman–Crippen LogP) is 2.22. The lowest BCUT2D eigenvalue weighted by atomic mass is 10.0. The Balaban J connectivity index is 1.35. The minimum Gasteiger partial charge on any atom is -0.355 e. The van der Waals surface area contributed by atoms with E-state index in [0.717, 1.165) is 48.1 Å². The number of nitrogens with one attached hydrogen (secondary N) is 1. The summed E-state index contributed by atoms with van der Waals surface area (Å²) in [6, 6.07) is 12.2. The maximum atomic E-state index is 4.65. The first kappa shape index (κ1) is 14.0. The number of anilines is 2. The highest BCUT2D eigenvalue weighted by atomic mass is 15.3. The van der Waals surface area contributed by atoms with Gasteiger partial charge >= 0.3 is 0 Å². The Bertz CT molecular complexity index is 817. The van der Waals surface area contributed by atoms with Gasteiger partial charge in [0.15, 0.2) is 5.82 Å². The van der Waals surface area contributed by atoms with Crippen molar-refractivity contribution in [2.24, 2.45) is 13.0 Å². The van der Waals surface area contributed by atoms with Gasteiger partial charge in [-0.2, -0.15) is 5.10 Å². The zero-order chi connectivity index (χ0) is 15.8. The Labute approximate surface area is 135 Å². The van der Waals surface area contributed by atoms with Gasteiger partial charge in [-0.1, -0.05) is 12.1 Å². The van der Waals surface area contributed by atoms with E-state index in [2.05, 4.69) is 36.0 Å². The molecule has 0 saturated carbocycles. The van der Waals surface area contributed by atoms with Crippen molar-refractivity contribution < 1.29 is 0 Å². The number of imidazole rings is 1. The minimum absolute atomic E-state index is 0.609.